The summed E-state index contributed by atoms with van der Waals surface area (Å²) in [7, 11) is 0. The lowest BCUT2D eigenvalue weighted by Crippen LogP contribution is -2.59. The molecule has 1 aliphatic heterocycles. The van der Waals surface area contributed by atoms with E-state index in [0.717, 1.165) is 13.0 Å². The molecule has 0 aromatic carbocycles. The van der Waals surface area contributed by atoms with Gasteiger partial charge in [-0.1, -0.05) is 116 Å². The molecule has 0 saturated carbocycles. The highest BCUT2D eigenvalue weighted by molar-refractivity contribution is 4.89. The molecule has 1 saturated heterocycles. The zero-order valence-corrected chi connectivity index (χ0v) is 23.6. The summed E-state index contributed by atoms with van der Waals surface area (Å²) in [4.78, 5) is 0. The summed E-state index contributed by atoms with van der Waals surface area (Å²) < 4.78 is 10.6. The third kappa shape index (κ3) is 17.1. The number of rotatable bonds is 25. The molecule has 0 aromatic rings. The van der Waals surface area contributed by atoms with Crippen molar-refractivity contribution in [2.45, 2.75) is 159 Å². The van der Waals surface area contributed by atoms with E-state index in [9.17, 15) is 25.5 Å². The number of aliphatic hydroxyl groups is 5. The number of hydrogen-bond acceptors (Lipinski definition) is 8. The highest BCUT2D eigenvalue weighted by Crippen LogP contribution is 2.22. The van der Waals surface area contributed by atoms with Gasteiger partial charge in [-0.3, -0.25) is 0 Å². The molecule has 37 heavy (non-hydrogen) atoms. The lowest BCUT2D eigenvalue weighted by Gasteiger charge is -2.39. The topological polar surface area (TPSA) is 132 Å². The number of hydrogen-bond donors (Lipinski definition) is 6. The van der Waals surface area contributed by atoms with Gasteiger partial charge < -0.3 is 40.3 Å². The van der Waals surface area contributed by atoms with Gasteiger partial charge in [0.2, 0.25) is 0 Å². The van der Waals surface area contributed by atoms with Gasteiger partial charge in [-0.05, 0) is 13.0 Å². The van der Waals surface area contributed by atoms with E-state index < -0.39 is 43.4 Å². The van der Waals surface area contributed by atoms with Crippen LogP contribution in [-0.4, -0.2) is 88.6 Å². The van der Waals surface area contributed by atoms with Crippen molar-refractivity contribution in [3.05, 3.63) is 0 Å². The van der Waals surface area contributed by atoms with Gasteiger partial charge in [0.1, 0.15) is 24.4 Å². The number of unbranched alkanes of at least 4 members (excludes halogenated alkanes) is 17. The minimum atomic E-state index is -1.48. The Morgan fingerprint density at radius 2 is 1.14 bits per heavy atom. The second-order valence-electron chi connectivity index (χ2n) is 10.9. The normalized spacial score (nSPS) is 25.0. The molecular weight excluding hydrogens is 474 g/mol. The Bertz CT molecular complexity index is 497. The molecule has 1 fully saturated rings. The average Bonchev–Trinajstić information content (AvgIpc) is 2.90. The first-order chi connectivity index (χ1) is 18.0. The third-order valence-corrected chi connectivity index (χ3v) is 7.39. The van der Waals surface area contributed by atoms with Crippen LogP contribution in [0.25, 0.3) is 0 Å². The van der Waals surface area contributed by atoms with Crippen LogP contribution in [0.1, 0.15) is 122 Å². The summed E-state index contributed by atoms with van der Waals surface area (Å²) in [6.45, 7) is 2.87. The lowest BCUT2D eigenvalue weighted by molar-refractivity contribution is -0.304. The Labute approximate surface area is 226 Å². The van der Waals surface area contributed by atoms with E-state index in [1.54, 1.807) is 0 Å². The SMILES string of the molecule is CCCCCCCCCCCCCCCCCCCCNCC(O)CO[C@@H]1O[C@H](CO)[C@H](O)[C@H](O)[C@H]1O. The monoisotopic (exact) mass is 533 g/mol. The molecule has 1 unspecified atom stereocenters. The third-order valence-electron chi connectivity index (χ3n) is 7.39. The largest absolute Gasteiger partial charge is 0.394 e. The number of nitrogens with one attached hydrogen (secondary N) is 1. The second kappa shape index (κ2) is 23.6. The maximum atomic E-state index is 10.1. The standard InChI is InChI=1S/C29H59NO7/c1-2-3-4-5-6-7-8-9-10-11-12-13-14-15-16-17-18-19-20-30-21-24(32)23-36-29-28(35)27(34)26(33)25(22-31)37-29/h24-35H,2-23H2,1H3/t24?,25-,26+,27+,28-,29-/m1/s1. The van der Waals surface area contributed by atoms with Crippen LogP contribution in [0.2, 0.25) is 0 Å². The van der Waals surface area contributed by atoms with Crippen molar-refractivity contribution < 1.29 is 35.0 Å². The molecule has 1 aliphatic rings. The molecule has 6 atom stereocenters. The molecule has 0 aliphatic carbocycles. The summed E-state index contributed by atoms with van der Waals surface area (Å²) in [5.74, 6) is 0. The molecule has 0 aromatic heterocycles. The molecule has 1 heterocycles. The molecule has 222 valence electrons. The predicted molar refractivity (Wildman–Crippen MR) is 147 cm³/mol. The maximum absolute atomic E-state index is 10.1. The van der Waals surface area contributed by atoms with Crippen molar-refractivity contribution in [3.8, 4) is 0 Å². The summed E-state index contributed by atoms with van der Waals surface area (Å²) >= 11 is 0. The fraction of sp³-hybridized carbons (Fsp3) is 1.00. The zero-order chi connectivity index (χ0) is 27.1. The second-order valence-corrected chi connectivity index (χ2v) is 10.9. The Kier molecular flexibility index (Phi) is 22.1. The van der Waals surface area contributed by atoms with Crippen LogP contribution in [0.3, 0.4) is 0 Å². The number of ether oxygens (including phenoxy) is 2. The van der Waals surface area contributed by atoms with Crippen molar-refractivity contribution in [2.75, 3.05) is 26.3 Å². The van der Waals surface area contributed by atoms with E-state index >= 15 is 0 Å². The zero-order valence-electron chi connectivity index (χ0n) is 23.6. The minimum Gasteiger partial charge on any atom is -0.394 e. The van der Waals surface area contributed by atoms with Crippen molar-refractivity contribution in [2.24, 2.45) is 0 Å². The summed E-state index contributed by atoms with van der Waals surface area (Å²) in [5, 5.41) is 52.0. The first-order valence-corrected chi connectivity index (χ1v) is 15.3. The van der Waals surface area contributed by atoms with Crippen LogP contribution in [-0.2, 0) is 9.47 Å². The first kappa shape index (κ1) is 34.7. The van der Waals surface area contributed by atoms with E-state index in [4.69, 9.17) is 9.47 Å². The van der Waals surface area contributed by atoms with Gasteiger partial charge in [0, 0.05) is 6.54 Å². The van der Waals surface area contributed by atoms with Gasteiger partial charge in [0.15, 0.2) is 6.29 Å². The molecule has 8 heteroatoms. The van der Waals surface area contributed by atoms with Crippen molar-refractivity contribution in [1.29, 1.82) is 0 Å². The fourth-order valence-corrected chi connectivity index (χ4v) is 4.89. The van der Waals surface area contributed by atoms with Gasteiger partial charge in [-0.2, -0.15) is 0 Å². The van der Waals surface area contributed by atoms with Crippen molar-refractivity contribution in [3.63, 3.8) is 0 Å². The van der Waals surface area contributed by atoms with E-state index in [1.165, 1.54) is 109 Å². The van der Waals surface area contributed by atoms with Crippen molar-refractivity contribution in [1.82, 2.24) is 5.32 Å². The van der Waals surface area contributed by atoms with Gasteiger partial charge in [0.05, 0.1) is 19.3 Å². The molecule has 0 amide bonds. The molecule has 0 spiro atoms. The summed E-state index contributed by atoms with van der Waals surface area (Å²) in [6.07, 6.45) is 17.0. The highest BCUT2D eigenvalue weighted by atomic mass is 16.7. The quantitative estimate of drug-likeness (QED) is 0.0977. The molecular formula is C29H59NO7. The van der Waals surface area contributed by atoms with Crippen LogP contribution >= 0.6 is 0 Å². The average molecular weight is 534 g/mol. The van der Waals surface area contributed by atoms with Crippen LogP contribution < -0.4 is 5.32 Å². The smallest absolute Gasteiger partial charge is 0.186 e. The van der Waals surface area contributed by atoms with E-state index in [0.29, 0.717) is 6.54 Å². The van der Waals surface area contributed by atoms with Crippen LogP contribution in [0.5, 0.6) is 0 Å². The Morgan fingerprint density at radius 3 is 1.59 bits per heavy atom. The lowest BCUT2D eigenvalue weighted by atomic mass is 9.99. The maximum Gasteiger partial charge on any atom is 0.186 e. The predicted octanol–water partition coefficient (Wildman–Crippen LogP) is 3.80. The first-order valence-electron chi connectivity index (χ1n) is 15.3. The molecule has 8 nitrogen and oxygen atoms in total. The molecule has 0 bridgehead atoms. The van der Waals surface area contributed by atoms with Gasteiger partial charge in [0.25, 0.3) is 0 Å². The number of aliphatic hydroxyl groups excluding tert-OH is 5. The van der Waals surface area contributed by atoms with Gasteiger partial charge in [-0.15, -0.1) is 0 Å². The highest BCUT2D eigenvalue weighted by Gasteiger charge is 2.44. The van der Waals surface area contributed by atoms with Gasteiger partial charge in [-0.25, -0.2) is 0 Å². The van der Waals surface area contributed by atoms with Crippen LogP contribution in [0, 0.1) is 0 Å². The van der Waals surface area contributed by atoms with Crippen LogP contribution in [0.15, 0.2) is 0 Å². The summed E-state index contributed by atoms with van der Waals surface area (Å²) in [5.41, 5.74) is 0. The van der Waals surface area contributed by atoms with Crippen molar-refractivity contribution >= 4 is 0 Å². The van der Waals surface area contributed by atoms with E-state index in [1.807, 2.05) is 0 Å². The minimum absolute atomic E-state index is 0.0885. The Balaban J connectivity index is 1.83. The fourth-order valence-electron chi connectivity index (χ4n) is 4.89. The van der Waals surface area contributed by atoms with E-state index in [-0.39, 0.29) is 6.61 Å². The Morgan fingerprint density at radius 1 is 0.676 bits per heavy atom. The molecule has 6 N–H and O–H groups in total. The van der Waals surface area contributed by atoms with E-state index in [2.05, 4.69) is 12.2 Å². The Hall–Kier alpha value is -0.320. The molecule has 1 rings (SSSR count). The van der Waals surface area contributed by atoms with Gasteiger partial charge >= 0.3 is 0 Å². The summed E-state index contributed by atoms with van der Waals surface area (Å²) in [6, 6.07) is 0. The molecule has 0 radical (unpaired) electrons. The van der Waals surface area contributed by atoms with Crippen LogP contribution in [0.4, 0.5) is 0 Å².